The second kappa shape index (κ2) is 4.26. The highest BCUT2D eigenvalue weighted by Gasteiger charge is 2.18. The minimum Gasteiger partial charge on any atom is -0.350 e. The molecule has 0 aromatic rings. The predicted molar refractivity (Wildman–Crippen MR) is 50.7 cm³/mol. The van der Waals surface area contributed by atoms with Crippen molar-refractivity contribution in [2.24, 2.45) is 5.73 Å². The van der Waals surface area contributed by atoms with Crippen molar-refractivity contribution >= 4 is 5.91 Å². The number of hydrogen-bond donors (Lipinski definition) is 2. The lowest BCUT2D eigenvalue weighted by Gasteiger charge is -2.22. The van der Waals surface area contributed by atoms with E-state index in [2.05, 4.69) is 11.9 Å². The van der Waals surface area contributed by atoms with Crippen molar-refractivity contribution in [3.05, 3.63) is 12.7 Å². The molecule has 0 aliphatic carbocycles. The molecular weight excluding hydrogens is 152 g/mol. The second-order valence-corrected chi connectivity index (χ2v) is 3.87. The first-order chi connectivity index (χ1) is 5.37. The van der Waals surface area contributed by atoms with Crippen molar-refractivity contribution in [2.75, 3.05) is 0 Å². The van der Waals surface area contributed by atoms with Gasteiger partial charge in [0, 0.05) is 5.54 Å². The van der Waals surface area contributed by atoms with E-state index in [0.717, 1.165) is 0 Å². The molecule has 0 bridgehead atoms. The molecule has 1 atom stereocenters. The van der Waals surface area contributed by atoms with Gasteiger partial charge in [-0.3, -0.25) is 4.79 Å². The first-order valence-corrected chi connectivity index (χ1v) is 4.05. The fourth-order valence-electron chi connectivity index (χ4n) is 0.749. The maximum absolute atomic E-state index is 11.3. The van der Waals surface area contributed by atoms with Crippen LogP contribution in [-0.4, -0.2) is 17.5 Å². The molecule has 70 valence electrons. The summed E-state index contributed by atoms with van der Waals surface area (Å²) in [5, 5.41) is 2.79. The average Bonchev–Trinajstić information content (AvgIpc) is 1.84. The molecule has 1 amide bonds. The Morgan fingerprint density at radius 3 is 2.50 bits per heavy atom. The molecule has 0 aromatic carbocycles. The van der Waals surface area contributed by atoms with Crippen LogP contribution in [0.5, 0.6) is 0 Å². The highest BCUT2D eigenvalue weighted by atomic mass is 16.2. The topological polar surface area (TPSA) is 55.1 Å². The monoisotopic (exact) mass is 170 g/mol. The summed E-state index contributed by atoms with van der Waals surface area (Å²) < 4.78 is 0. The minimum atomic E-state index is -0.471. The number of hydrogen-bond acceptors (Lipinski definition) is 2. The van der Waals surface area contributed by atoms with E-state index in [1.807, 2.05) is 20.8 Å². The van der Waals surface area contributed by atoms with E-state index in [9.17, 15) is 4.79 Å². The molecule has 0 aliphatic heterocycles. The van der Waals surface area contributed by atoms with E-state index in [-0.39, 0.29) is 11.4 Å². The fourth-order valence-corrected chi connectivity index (χ4v) is 0.749. The van der Waals surface area contributed by atoms with Gasteiger partial charge in [-0.2, -0.15) is 0 Å². The van der Waals surface area contributed by atoms with Gasteiger partial charge in [-0.15, -0.1) is 6.58 Å². The number of carbonyl (C=O) groups excluding carboxylic acids is 1. The molecule has 1 unspecified atom stereocenters. The van der Waals surface area contributed by atoms with Gasteiger partial charge in [-0.05, 0) is 27.2 Å². The first kappa shape index (κ1) is 11.2. The Morgan fingerprint density at radius 1 is 1.67 bits per heavy atom. The van der Waals surface area contributed by atoms with Gasteiger partial charge in [-0.1, -0.05) is 6.08 Å². The molecule has 0 spiro atoms. The van der Waals surface area contributed by atoms with Crippen LogP contribution in [0, 0.1) is 0 Å². The molecule has 0 fully saturated rings. The maximum atomic E-state index is 11.3. The third kappa shape index (κ3) is 4.91. The Morgan fingerprint density at radius 2 is 2.17 bits per heavy atom. The Balaban J connectivity index is 3.95. The third-order valence-electron chi connectivity index (χ3n) is 1.26. The van der Waals surface area contributed by atoms with Crippen molar-refractivity contribution in [2.45, 2.75) is 38.8 Å². The lowest BCUT2D eigenvalue weighted by atomic mass is 10.1. The van der Waals surface area contributed by atoms with Gasteiger partial charge in [0.2, 0.25) is 5.91 Å². The van der Waals surface area contributed by atoms with E-state index in [0.29, 0.717) is 6.42 Å². The first-order valence-electron chi connectivity index (χ1n) is 4.05. The second-order valence-electron chi connectivity index (χ2n) is 3.87. The summed E-state index contributed by atoms with van der Waals surface area (Å²) in [6.07, 6.45) is 2.16. The fraction of sp³-hybridized carbons (Fsp3) is 0.667. The van der Waals surface area contributed by atoms with E-state index in [1.54, 1.807) is 6.08 Å². The molecular formula is C9H18N2O. The van der Waals surface area contributed by atoms with Crippen molar-refractivity contribution in [3.8, 4) is 0 Å². The van der Waals surface area contributed by atoms with Gasteiger partial charge < -0.3 is 11.1 Å². The van der Waals surface area contributed by atoms with E-state index in [4.69, 9.17) is 5.73 Å². The number of rotatable bonds is 3. The number of nitrogens with one attached hydrogen (secondary N) is 1. The number of amides is 1. The Labute approximate surface area is 74.0 Å². The Kier molecular flexibility index (Phi) is 3.96. The number of nitrogens with two attached hydrogens (primary N) is 1. The van der Waals surface area contributed by atoms with Crippen molar-refractivity contribution in [1.82, 2.24) is 5.32 Å². The zero-order chi connectivity index (χ0) is 9.78. The van der Waals surface area contributed by atoms with Crippen molar-refractivity contribution < 1.29 is 4.79 Å². The summed E-state index contributed by atoms with van der Waals surface area (Å²) in [5.74, 6) is -0.123. The van der Waals surface area contributed by atoms with Crippen molar-refractivity contribution in [3.63, 3.8) is 0 Å². The molecule has 0 radical (unpaired) electrons. The third-order valence-corrected chi connectivity index (χ3v) is 1.26. The van der Waals surface area contributed by atoms with Crippen LogP contribution in [0.4, 0.5) is 0 Å². The molecule has 3 heteroatoms. The average molecular weight is 170 g/mol. The predicted octanol–water partition coefficient (Wildman–Crippen LogP) is 0.804. The quantitative estimate of drug-likeness (QED) is 0.616. The standard InChI is InChI=1S/C9H18N2O/c1-5-6-7(10)8(12)11-9(2,3)4/h5,7H,1,6,10H2,2-4H3,(H,11,12). The summed E-state index contributed by atoms with van der Waals surface area (Å²) >= 11 is 0. The summed E-state index contributed by atoms with van der Waals surface area (Å²) in [7, 11) is 0. The van der Waals surface area contributed by atoms with E-state index >= 15 is 0 Å². The highest BCUT2D eigenvalue weighted by Crippen LogP contribution is 2.00. The highest BCUT2D eigenvalue weighted by molar-refractivity contribution is 5.82. The van der Waals surface area contributed by atoms with Gasteiger partial charge in [0.1, 0.15) is 0 Å². The lowest BCUT2D eigenvalue weighted by Crippen LogP contribution is -2.48. The SMILES string of the molecule is C=CCC(N)C(=O)NC(C)(C)C. The lowest BCUT2D eigenvalue weighted by molar-refractivity contribution is -0.123. The van der Waals surface area contributed by atoms with Gasteiger partial charge in [0.05, 0.1) is 6.04 Å². The van der Waals surface area contributed by atoms with Crippen LogP contribution in [0.15, 0.2) is 12.7 Å². The molecule has 3 nitrogen and oxygen atoms in total. The van der Waals surface area contributed by atoms with Crippen LogP contribution in [0.2, 0.25) is 0 Å². The minimum absolute atomic E-state index is 0.123. The summed E-state index contributed by atoms with van der Waals surface area (Å²) in [6.45, 7) is 9.29. The van der Waals surface area contributed by atoms with E-state index < -0.39 is 6.04 Å². The maximum Gasteiger partial charge on any atom is 0.237 e. The molecule has 0 saturated heterocycles. The smallest absolute Gasteiger partial charge is 0.237 e. The van der Waals surface area contributed by atoms with Crippen LogP contribution in [0.3, 0.4) is 0 Å². The Bertz CT molecular complexity index is 170. The molecule has 0 aliphatic rings. The summed E-state index contributed by atoms with van der Waals surface area (Å²) in [4.78, 5) is 11.3. The van der Waals surface area contributed by atoms with Crippen LogP contribution in [-0.2, 0) is 4.79 Å². The van der Waals surface area contributed by atoms with Gasteiger partial charge in [0.25, 0.3) is 0 Å². The molecule has 0 rings (SSSR count). The van der Waals surface area contributed by atoms with E-state index in [1.165, 1.54) is 0 Å². The zero-order valence-corrected chi connectivity index (χ0v) is 8.05. The van der Waals surface area contributed by atoms with Crippen LogP contribution in [0.25, 0.3) is 0 Å². The largest absolute Gasteiger partial charge is 0.350 e. The molecule has 12 heavy (non-hydrogen) atoms. The van der Waals surface area contributed by atoms with Crippen LogP contribution >= 0.6 is 0 Å². The van der Waals surface area contributed by atoms with Gasteiger partial charge in [-0.25, -0.2) is 0 Å². The summed E-state index contributed by atoms with van der Waals surface area (Å²) in [6, 6.07) is -0.471. The molecule has 0 saturated carbocycles. The molecule has 0 heterocycles. The normalized spacial score (nSPS) is 13.7. The summed E-state index contributed by atoms with van der Waals surface area (Å²) in [5.41, 5.74) is 5.34. The van der Waals surface area contributed by atoms with Gasteiger partial charge in [0.15, 0.2) is 0 Å². The molecule has 3 N–H and O–H groups in total. The Hall–Kier alpha value is -0.830. The van der Waals surface area contributed by atoms with Gasteiger partial charge >= 0.3 is 0 Å². The number of carbonyl (C=O) groups is 1. The van der Waals surface area contributed by atoms with Crippen LogP contribution < -0.4 is 11.1 Å². The van der Waals surface area contributed by atoms with Crippen molar-refractivity contribution in [1.29, 1.82) is 0 Å². The van der Waals surface area contributed by atoms with Crippen LogP contribution in [0.1, 0.15) is 27.2 Å². The zero-order valence-electron chi connectivity index (χ0n) is 8.05. The molecule has 0 aromatic heterocycles.